The number of phenolic OH excluding ortho intramolecular Hbond substituents is 1. The third-order valence-electron chi connectivity index (χ3n) is 6.05. The number of phenols is 1. The maximum Gasteiger partial charge on any atom is 0.136 e. The van der Waals surface area contributed by atoms with Crippen LogP contribution in [0, 0.1) is 11.8 Å². The average molecular weight is 429 g/mol. The molecule has 2 aromatic rings. The monoisotopic (exact) mass is 428 g/mol. The van der Waals surface area contributed by atoms with Crippen LogP contribution in [0.3, 0.4) is 0 Å². The highest BCUT2D eigenvalue weighted by atomic mass is 35.5. The molecule has 0 aliphatic heterocycles. The van der Waals surface area contributed by atoms with Crippen LogP contribution in [0.1, 0.15) is 64.0 Å². The largest absolute Gasteiger partial charge is 0.508 e. The van der Waals surface area contributed by atoms with Gasteiger partial charge in [0, 0.05) is 22.9 Å². The minimum absolute atomic E-state index is 0.0358. The van der Waals surface area contributed by atoms with Crippen LogP contribution >= 0.6 is 11.6 Å². The summed E-state index contributed by atoms with van der Waals surface area (Å²) in [5.74, 6) is 2.17. The van der Waals surface area contributed by atoms with Gasteiger partial charge in [0.25, 0.3) is 0 Å². The highest BCUT2D eigenvalue weighted by molar-refractivity contribution is 6.30. The van der Waals surface area contributed by atoms with Crippen molar-refractivity contribution >= 4 is 17.4 Å². The summed E-state index contributed by atoms with van der Waals surface area (Å²) in [5.41, 5.74) is 2.25. The maximum atomic E-state index is 12.6. The molecule has 0 bridgehead atoms. The minimum atomic E-state index is -0.0358. The second-order valence-electron chi connectivity index (χ2n) is 9.56. The minimum Gasteiger partial charge on any atom is -0.508 e. The van der Waals surface area contributed by atoms with Crippen LogP contribution in [-0.2, 0) is 16.6 Å². The van der Waals surface area contributed by atoms with Gasteiger partial charge in [0.1, 0.15) is 17.3 Å². The number of rotatable bonds is 8. The number of carbonyl (C=O) groups is 1. The van der Waals surface area contributed by atoms with E-state index in [4.69, 9.17) is 16.3 Å². The molecule has 2 unspecified atom stereocenters. The zero-order valence-corrected chi connectivity index (χ0v) is 19.0. The number of benzene rings is 2. The summed E-state index contributed by atoms with van der Waals surface area (Å²) in [4.78, 5) is 12.6. The number of Topliss-reactive ketones (excluding diaryl/α,β-unsaturated/α-hetero) is 1. The third kappa shape index (κ3) is 6.25. The van der Waals surface area contributed by atoms with Crippen molar-refractivity contribution in [3.8, 4) is 11.5 Å². The van der Waals surface area contributed by atoms with Crippen molar-refractivity contribution in [1.29, 1.82) is 0 Å². The molecule has 0 heterocycles. The molecule has 1 N–H and O–H groups in total. The number of aryl methyl sites for hydroxylation is 1. The van der Waals surface area contributed by atoms with Gasteiger partial charge >= 0.3 is 0 Å². The Balaban J connectivity index is 1.45. The van der Waals surface area contributed by atoms with Crippen LogP contribution in [0.15, 0.2) is 42.5 Å². The topological polar surface area (TPSA) is 46.5 Å². The van der Waals surface area contributed by atoms with Gasteiger partial charge in [-0.25, -0.2) is 0 Å². The van der Waals surface area contributed by atoms with Crippen LogP contribution in [0.5, 0.6) is 11.5 Å². The van der Waals surface area contributed by atoms with Gasteiger partial charge in [-0.1, -0.05) is 44.5 Å². The molecule has 162 valence electrons. The second-order valence-corrected chi connectivity index (χ2v) is 10.0. The van der Waals surface area contributed by atoms with E-state index >= 15 is 0 Å². The van der Waals surface area contributed by atoms with Crippen LogP contribution in [-0.4, -0.2) is 17.5 Å². The Morgan fingerprint density at radius 2 is 1.87 bits per heavy atom. The van der Waals surface area contributed by atoms with E-state index in [1.807, 2.05) is 30.3 Å². The Hall–Kier alpha value is -2.00. The summed E-state index contributed by atoms with van der Waals surface area (Å²) >= 11 is 6.19. The molecule has 4 heteroatoms. The molecule has 0 amide bonds. The molecule has 2 aromatic carbocycles. The fraction of sp³-hybridized carbons (Fsp3) is 0.500. The van der Waals surface area contributed by atoms with Crippen molar-refractivity contribution in [2.24, 2.45) is 11.8 Å². The molecule has 1 aliphatic carbocycles. The molecule has 1 aliphatic rings. The van der Waals surface area contributed by atoms with Crippen LogP contribution in [0.2, 0.25) is 5.02 Å². The van der Waals surface area contributed by atoms with Gasteiger partial charge in [-0.05, 0) is 79.3 Å². The Morgan fingerprint density at radius 1 is 1.13 bits per heavy atom. The fourth-order valence-electron chi connectivity index (χ4n) is 4.27. The van der Waals surface area contributed by atoms with E-state index in [1.165, 1.54) is 0 Å². The van der Waals surface area contributed by atoms with Crippen molar-refractivity contribution in [2.75, 3.05) is 6.61 Å². The number of hydrogen-bond donors (Lipinski definition) is 1. The first-order valence-electron chi connectivity index (χ1n) is 11.0. The lowest BCUT2D eigenvalue weighted by Crippen LogP contribution is -2.17. The Kier molecular flexibility index (Phi) is 7.46. The molecule has 30 heavy (non-hydrogen) atoms. The van der Waals surface area contributed by atoms with Crippen LogP contribution in [0.4, 0.5) is 0 Å². The van der Waals surface area contributed by atoms with E-state index in [0.29, 0.717) is 24.7 Å². The zero-order chi connectivity index (χ0) is 21.7. The van der Waals surface area contributed by atoms with Crippen molar-refractivity contribution in [3.63, 3.8) is 0 Å². The predicted molar refractivity (Wildman–Crippen MR) is 123 cm³/mol. The lowest BCUT2D eigenvalue weighted by Gasteiger charge is -2.24. The smallest absolute Gasteiger partial charge is 0.136 e. The quantitative estimate of drug-likeness (QED) is 0.507. The SMILES string of the molecule is CC(C)(C)c1cc(Cl)ccc1OCC1CCC(C(=O)CCCc2ccc(O)cc2)C1. The number of carbonyl (C=O) groups excluding carboxylic acids is 1. The summed E-state index contributed by atoms with van der Waals surface area (Å²) in [6.45, 7) is 7.14. The first-order valence-corrected chi connectivity index (χ1v) is 11.3. The van der Waals surface area contributed by atoms with E-state index in [-0.39, 0.29) is 17.1 Å². The lowest BCUT2D eigenvalue weighted by molar-refractivity contribution is -0.122. The number of ether oxygens (including phenoxy) is 1. The van der Waals surface area contributed by atoms with E-state index < -0.39 is 0 Å². The molecule has 0 saturated heterocycles. The summed E-state index contributed by atoms with van der Waals surface area (Å²) in [6.07, 6.45) is 5.31. The molecule has 1 fully saturated rings. The number of halogens is 1. The second kappa shape index (κ2) is 9.87. The molecule has 2 atom stereocenters. The number of aromatic hydroxyl groups is 1. The van der Waals surface area contributed by atoms with Crippen molar-refractivity contribution in [3.05, 3.63) is 58.6 Å². The number of ketones is 1. The molecular formula is C26H33ClO3. The lowest BCUT2D eigenvalue weighted by atomic mass is 9.86. The molecule has 0 radical (unpaired) electrons. The molecule has 0 spiro atoms. The van der Waals surface area contributed by atoms with Gasteiger partial charge in [-0.2, -0.15) is 0 Å². The van der Waals surface area contributed by atoms with Crippen LogP contribution < -0.4 is 4.74 Å². The Morgan fingerprint density at radius 3 is 2.57 bits per heavy atom. The van der Waals surface area contributed by atoms with Crippen LogP contribution in [0.25, 0.3) is 0 Å². The molecule has 3 rings (SSSR count). The van der Waals surface area contributed by atoms with Gasteiger partial charge in [0.05, 0.1) is 6.61 Å². The van der Waals surface area contributed by atoms with Gasteiger partial charge < -0.3 is 9.84 Å². The fourth-order valence-corrected chi connectivity index (χ4v) is 4.45. The van der Waals surface area contributed by atoms with E-state index in [9.17, 15) is 9.90 Å². The zero-order valence-electron chi connectivity index (χ0n) is 18.3. The van der Waals surface area contributed by atoms with Crippen molar-refractivity contribution < 1.29 is 14.6 Å². The highest BCUT2D eigenvalue weighted by Gasteiger charge is 2.30. The van der Waals surface area contributed by atoms with E-state index in [0.717, 1.165) is 54.0 Å². The highest BCUT2D eigenvalue weighted by Crippen LogP contribution is 2.36. The maximum absolute atomic E-state index is 12.6. The van der Waals surface area contributed by atoms with Gasteiger partial charge in [-0.3, -0.25) is 4.79 Å². The first kappa shape index (κ1) is 22.7. The molecule has 1 saturated carbocycles. The summed E-state index contributed by atoms with van der Waals surface area (Å²) in [5, 5.41) is 10.1. The van der Waals surface area contributed by atoms with Gasteiger partial charge in [-0.15, -0.1) is 0 Å². The van der Waals surface area contributed by atoms with Crippen molar-refractivity contribution in [2.45, 2.75) is 64.7 Å². The van der Waals surface area contributed by atoms with Gasteiger partial charge in [0.15, 0.2) is 0 Å². The standard InChI is InChI=1S/C26H33ClO3/c1-26(2,3)23-16-21(27)11-14-25(23)30-17-19-7-10-20(15-19)24(29)6-4-5-18-8-12-22(28)13-9-18/h8-9,11-14,16,19-20,28H,4-7,10,15,17H2,1-3H3. The molecule has 0 aromatic heterocycles. The van der Waals surface area contributed by atoms with E-state index in [1.54, 1.807) is 12.1 Å². The average Bonchev–Trinajstić information content (AvgIpc) is 3.17. The van der Waals surface area contributed by atoms with Gasteiger partial charge in [0.2, 0.25) is 0 Å². The Bertz CT molecular complexity index is 852. The summed E-state index contributed by atoms with van der Waals surface area (Å²) < 4.78 is 6.19. The third-order valence-corrected chi connectivity index (χ3v) is 6.28. The summed E-state index contributed by atoms with van der Waals surface area (Å²) in [6, 6.07) is 13.1. The normalized spacial score (nSPS) is 19.1. The van der Waals surface area contributed by atoms with Crippen molar-refractivity contribution in [1.82, 2.24) is 0 Å². The predicted octanol–water partition coefficient (Wildman–Crippen LogP) is 6.73. The molecule has 3 nitrogen and oxygen atoms in total. The molecular weight excluding hydrogens is 396 g/mol. The first-order chi connectivity index (χ1) is 14.2. The van der Waals surface area contributed by atoms with E-state index in [2.05, 4.69) is 20.8 Å². The summed E-state index contributed by atoms with van der Waals surface area (Å²) in [7, 11) is 0. The number of hydrogen-bond acceptors (Lipinski definition) is 3. The Labute approximate surface area is 185 Å².